The Bertz CT molecular complexity index is 762. The lowest BCUT2D eigenvalue weighted by Crippen LogP contribution is -2.39. The Morgan fingerprint density at radius 3 is 2.83 bits per heavy atom. The lowest BCUT2D eigenvalue weighted by atomic mass is 10.1. The van der Waals surface area contributed by atoms with Crippen LogP contribution in [0.15, 0.2) is 53.9 Å². The molecular formula is C17H23IN6. The van der Waals surface area contributed by atoms with Crippen molar-refractivity contribution in [3.8, 4) is 0 Å². The molecule has 0 bridgehead atoms. The number of aromatic nitrogens is 3. The molecule has 3 N–H and O–H groups in total. The number of H-pyrrole nitrogens is 1. The van der Waals surface area contributed by atoms with Crippen LogP contribution in [-0.2, 0) is 13.0 Å². The quantitative estimate of drug-likeness (QED) is 0.315. The number of nitrogens with zero attached hydrogens (tertiary/aromatic N) is 3. The summed E-state index contributed by atoms with van der Waals surface area (Å²) in [7, 11) is 1.79. The van der Waals surface area contributed by atoms with Crippen molar-refractivity contribution in [3.63, 3.8) is 0 Å². The fourth-order valence-corrected chi connectivity index (χ4v) is 2.60. The van der Waals surface area contributed by atoms with E-state index in [9.17, 15) is 0 Å². The topological polar surface area (TPSA) is 70.0 Å². The van der Waals surface area contributed by atoms with E-state index in [1.54, 1.807) is 13.2 Å². The first-order valence-electron chi connectivity index (χ1n) is 7.84. The van der Waals surface area contributed by atoms with Gasteiger partial charge in [-0.05, 0) is 24.1 Å². The fraction of sp³-hybridized carbons (Fsp3) is 0.294. The lowest BCUT2D eigenvalue weighted by molar-refractivity contribution is 0.598. The zero-order chi connectivity index (χ0) is 15.9. The second kappa shape index (κ2) is 9.31. The summed E-state index contributed by atoms with van der Waals surface area (Å²) < 4.78 is 1.90. The van der Waals surface area contributed by atoms with Crippen LogP contribution in [0, 0.1) is 0 Å². The third kappa shape index (κ3) is 4.73. The molecule has 2 aromatic heterocycles. The van der Waals surface area contributed by atoms with E-state index in [0.29, 0.717) is 0 Å². The van der Waals surface area contributed by atoms with Crippen LogP contribution in [0.2, 0.25) is 0 Å². The van der Waals surface area contributed by atoms with E-state index in [1.165, 1.54) is 16.5 Å². The molecule has 0 saturated heterocycles. The van der Waals surface area contributed by atoms with Crippen LogP contribution in [0.4, 0.5) is 0 Å². The molecule has 0 saturated carbocycles. The number of hydrogen-bond acceptors (Lipinski definition) is 2. The molecule has 0 spiro atoms. The zero-order valence-corrected chi connectivity index (χ0v) is 16.0. The van der Waals surface area contributed by atoms with Crippen molar-refractivity contribution in [1.29, 1.82) is 0 Å². The van der Waals surface area contributed by atoms with Crippen molar-refractivity contribution in [2.24, 2.45) is 4.99 Å². The molecule has 1 aromatic carbocycles. The van der Waals surface area contributed by atoms with Crippen molar-refractivity contribution in [3.05, 3.63) is 54.5 Å². The zero-order valence-electron chi connectivity index (χ0n) is 13.7. The largest absolute Gasteiger partial charge is 0.361 e. The van der Waals surface area contributed by atoms with Gasteiger partial charge in [-0.2, -0.15) is 5.10 Å². The summed E-state index contributed by atoms with van der Waals surface area (Å²) in [6.45, 7) is 2.44. The Hall–Kier alpha value is -2.03. The van der Waals surface area contributed by atoms with Gasteiger partial charge in [-0.1, -0.05) is 18.2 Å². The van der Waals surface area contributed by atoms with Gasteiger partial charge in [-0.3, -0.25) is 9.67 Å². The number of guanidine groups is 1. The molecule has 0 fully saturated rings. The van der Waals surface area contributed by atoms with Crippen LogP contribution in [-0.4, -0.2) is 40.9 Å². The number of hydrogen-bond donors (Lipinski definition) is 3. The smallest absolute Gasteiger partial charge is 0.191 e. The first-order chi connectivity index (χ1) is 11.4. The second-order valence-electron chi connectivity index (χ2n) is 5.30. The SMILES string of the molecule is CN=C(NCCc1c[nH]c2ccccc12)NCCn1cccn1.I. The van der Waals surface area contributed by atoms with Gasteiger partial charge in [0, 0.05) is 49.6 Å². The number of aromatic amines is 1. The summed E-state index contributed by atoms with van der Waals surface area (Å²) in [6, 6.07) is 10.3. The van der Waals surface area contributed by atoms with E-state index in [-0.39, 0.29) is 24.0 Å². The monoisotopic (exact) mass is 438 g/mol. The predicted molar refractivity (Wildman–Crippen MR) is 109 cm³/mol. The van der Waals surface area contributed by atoms with Gasteiger partial charge < -0.3 is 15.6 Å². The molecule has 0 unspecified atom stereocenters. The maximum atomic E-state index is 4.24. The molecule has 0 atom stereocenters. The molecule has 0 aliphatic heterocycles. The van der Waals surface area contributed by atoms with Crippen molar-refractivity contribution >= 4 is 40.8 Å². The number of nitrogens with one attached hydrogen (secondary N) is 3. The van der Waals surface area contributed by atoms with E-state index in [4.69, 9.17) is 0 Å². The molecule has 128 valence electrons. The first kappa shape index (κ1) is 18.3. The van der Waals surface area contributed by atoms with E-state index in [2.05, 4.69) is 50.1 Å². The third-order valence-corrected chi connectivity index (χ3v) is 3.78. The Morgan fingerprint density at radius 2 is 2.04 bits per heavy atom. The summed E-state index contributed by atoms with van der Waals surface area (Å²) in [4.78, 5) is 7.55. The van der Waals surface area contributed by atoms with E-state index < -0.39 is 0 Å². The fourth-order valence-electron chi connectivity index (χ4n) is 2.60. The van der Waals surface area contributed by atoms with E-state index in [0.717, 1.165) is 32.0 Å². The highest BCUT2D eigenvalue weighted by atomic mass is 127. The third-order valence-electron chi connectivity index (χ3n) is 3.78. The van der Waals surface area contributed by atoms with Gasteiger partial charge in [0.05, 0.1) is 6.54 Å². The lowest BCUT2D eigenvalue weighted by Gasteiger charge is -2.11. The van der Waals surface area contributed by atoms with Gasteiger partial charge in [0.2, 0.25) is 0 Å². The summed E-state index contributed by atoms with van der Waals surface area (Å²) in [6.07, 6.45) is 6.77. The minimum atomic E-state index is 0. The second-order valence-corrected chi connectivity index (χ2v) is 5.30. The average molecular weight is 438 g/mol. The molecule has 7 heteroatoms. The highest BCUT2D eigenvalue weighted by Gasteiger charge is 2.03. The van der Waals surface area contributed by atoms with Gasteiger partial charge in [-0.25, -0.2) is 0 Å². The van der Waals surface area contributed by atoms with Gasteiger partial charge in [0.1, 0.15) is 0 Å². The van der Waals surface area contributed by atoms with Crippen molar-refractivity contribution in [2.45, 2.75) is 13.0 Å². The van der Waals surface area contributed by atoms with Crippen LogP contribution >= 0.6 is 24.0 Å². The normalized spacial score (nSPS) is 11.3. The molecule has 0 amide bonds. The minimum Gasteiger partial charge on any atom is -0.361 e. The summed E-state index contributed by atoms with van der Waals surface area (Å²) in [5.41, 5.74) is 2.50. The van der Waals surface area contributed by atoms with Gasteiger partial charge in [0.15, 0.2) is 5.96 Å². The van der Waals surface area contributed by atoms with Crippen molar-refractivity contribution < 1.29 is 0 Å². The van der Waals surface area contributed by atoms with Crippen LogP contribution in [0.3, 0.4) is 0 Å². The Morgan fingerprint density at radius 1 is 1.21 bits per heavy atom. The summed E-state index contributed by atoms with van der Waals surface area (Å²) >= 11 is 0. The highest BCUT2D eigenvalue weighted by Crippen LogP contribution is 2.17. The highest BCUT2D eigenvalue weighted by molar-refractivity contribution is 14.0. The summed E-state index contributed by atoms with van der Waals surface area (Å²) in [5, 5.41) is 12.1. The predicted octanol–water partition coefficient (Wildman–Crippen LogP) is 2.39. The molecule has 3 rings (SSSR count). The average Bonchev–Trinajstić information content (AvgIpc) is 3.23. The number of rotatable bonds is 6. The van der Waals surface area contributed by atoms with Crippen molar-refractivity contribution in [1.82, 2.24) is 25.4 Å². The van der Waals surface area contributed by atoms with Crippen molar-refractivity contribution in [2.75, 3.05) is 20.1 Å². The molecule has 0 aliphatic carbocycles. The van der Waals surface area contributed by atoms with Gasteiger partial charge in [0.25, 0.3) is 0 Å². The molecular weight excluding hydrogens is 415 g/mol. The molecule has 2 heterocycles. The molecule has 6 nitrogen and oxygen atoms in total. The van der Waals surface area contributed by atoms with Crippen LogP contribution in [0.5, 0.6) is 0 Å². The van der Waals surface area contributed by atoms with Crippen LogP contribution in [0.25, 0.3) is 10.9 Å². The Kier molecular flexibility index (Phi) is 7.10. The maximum absolute atomic E-state index is 4.24. The standard InChI is InChI=1S/C17H22N6.HI/c1-18-17(20-10-12-23-11-4-8-22-23)19-9-7-14-13-21-16-6-3-2-5-15(14)16;/h2-6,8,11,13,21H,7,9-10,12H2,1H3,(H2,18,19,20);1H. The minimum absolute atomic E-state index is 0. The molecule has 0 aliphatic rings. The van der Waals surface area contributed by atoms with Gasteiger partial charge >= 0.3 is 0 Å². The molecule has 0 radical (unpaired) electrons. The molecule has 3 aromatic rings. The van der Waals surface area contributed by atoms with Crippen LogP contribution < -0.4 is 10.6 Å². The van der Waals surface area contributed by atoms with E-state index >= 15 is 0 Å². The van der Waals surface area contributed by atoms with Gasteiger partial charge in [-0.15, -0.1) is 24.0 Å². The van der Waals surface area contributed by atoms with E-state index in [1.807, 2.05) is 23.0 Å². The first-order valence-corrected chi connectivity index (χ1v) is 7.84. The molecule has 24 heavy (non-hydrogen) atoms. The number of fused-ring (bicyclic) bond motifs is 1. The number of para-hydroxylation sites is 1. The number of aliphatic imine (C=N–C) groups is 1. The number of halogens is 1. The Balaban J connectivity index is 0.00000208. The number of benzene rings is 1. The Labute approximate surface area is 158 Å². The van der Waals surface area contributed by atoms with Crippen LogP contribution in [0.1, 0.15) is 5.56 Å². The maximum Gasteiger partial charge on any atom is 0.191 e. The summed E-state index contributed by atoms with van der Waals surface area (Å²) in [5.74, 6) is 0.817.